The van der Waals surface area contributed by atoms with Crippen molar-refractivity contribution in [3.63, 3.8) is 0 Å². The molecule has 0 radical (unpaired) electrons. The lowest BCUT2D eigenvalue weighted by Crippen LogP contribution is -2.43. The smallest absolute Gasteiger partial charge is 0.346 e. The molecule has 0 aliphatic rings. The summed E-state index contributed by atoms with van der Waals surface area (Å²) in [4.78, 5) is 47.6. The van der Waals surface area contributed by atoms with Crippen LogP contribution in [0.1, 0.15) is 31.8 Å². The molecule has 2 N–H and O–H groups in total. The van der Waals surface area contributed by atoms with Gasteiger partial charge in [-0.1, -0.05) is 36.4 Å². The molecular weight excluding hydrogens is 368 g/mol. The lowest BCUT2D eigenvalue weighted by molar-refractivity contribution is -0.166. The van der Waals surface area contributed by atoms with Gasteiger partial charge >= 0.3 is 23.9 Å². The summed E-state index contributed by atoms with van der Waals surface area (Å²) in [5, 5.41) is 19.5. The molecular formula is C20H18O8. The maximum Gasteiger partial charge on any atom is 0.346 e. The van der Waals surface area contributed by atoms with Crippen LogP contribution in [0.25, 0.3) is 0 Å². The highest BCUT2D eigenvalue weighted by molar-refractivity contribution is 6.02. The van der Waals surface area contributed by atoms with Crippen LogP contribution >= 0.6 is 0 Å². The minimum atomic E-state index is -2.41. The summed E-state index contributed by atoms with van der Waals surface area (Å²) in [5.74, 6) is -5.22. The van der Waals surface area contributed by atoms with Crippen LogP contribution in [0.2, 0.25) is 0 Å². The molecule has 0 aliphatic heterocycles. The Labute approximate surface area is 160 Å². The maximum absolute atomic E-state index is 12.0. The van der Waals surface area contributed by atoms with Crippen molar-refractivity contribution in [3.8, 4) is 0 Å². The number of hydrogen-bond acceptors (Lipinski definition) is 8. The van der Waals surface area contributed by atoms with Crippen molar-refractivity contribution >= 4 is 23.9 Å². The molecule has 0 fully saturated rings. The van der Waals surface area contributed by atoms with Crippen molar-refractivity contribution in [2.75, 3.05) is 0 Å². The number of benzene rings is 2. The van der Waals surface area contributed by atoms with E-state index in [9.17, 15) is 29.4 Å². The Kier molecular flexibility index (Phi) is 6.75. The number of hydrogen-bond donors (Lipinski definition) is 2. The number of carbonyl (C=O) groups is 4. The van der Waals surface area contributed by atoms with Gasteiger partial charge in [0.1, 0.15) is 0 Å². The van der Waals surface area contributed by atoms with E-state index in [2.05, 4.69) is 9.47 Å². The maximum atomic E-state index is 12.0. The average molecular weight is 386 g/mol. The average Bonchev–Trinajstić information content (AvgIpc) is 2.67. The highest BCUT2D eigenvalue weighted by Gasteiger charge is 2.35. The molecule has 2 atom stereocenters. The Hall–Kier alpha value is -3.36. The van der Waals surface area contributed by atoms with E-state index in [1.54, 1.807) is 50.2 Å². The third-order valence-corrected chi connectivity index (χ3v) is 3.90. The molecule has 2 aromatic carbocycles. The summed E-state index contributed by atoms with van der Waals surface area (Å²) in [6, 6.07) is 12.5. The van der Waals surface area contributed by atoms with E-state index in [-0.39, 0.29) is 11.1 Å². The molecule has 8 heteroatoms. The van der Waals surface area contributed by atoms with E-state index >= 15 is 0 Å². The van der Waals surface area contributed by atoms with Crippen LogP contribution in [-0.2, 0) is 19.1 Å². The van der Waals surface area contributed by atoms with Crippen molar-refractivity contribution in [1.29, 1.82) is 0 Å². The second-order valence-electron chi connectivity index (χ2n) is 5.94. The minimum absolute atomic E-state index is 0.0786. The van der Waals surface area contributed by atoms with E-state index in [1.165, 1.54) is 12.1 Å². The van der Waals surface area contributed by atoms with Crippen molar-refractivity contribution in [2.45, 2.75) is 26.1 Å². The Bertz CT molecular complexity index is 842. The summed E-state index contributed by atoms with van der Waals surface area (Å²) in [5.41, 5.74) is 1.21. The lowest BCUT2D eigenvalue weighted by atomic mass is 10.1. The van der Waals surface area contributed by atoms with Crippen molar-refractivity contribution in [3.05, 3.63) is 70.8 Å². The van der Waals surface area contributed by atoms with Crippen molar-refractivity contribution in [1.82, 2.24) is 0 Å². The van der Waals surface area contributed by atoms with Crippen LogP contribution in [0.4, 0.5) is 0 Å². The van der Waals surface area contributed by atoms with Crippen LogP contribution in [-0.4, -0.2) is 46.3 Å². The van der Waals surface area contributed by atoms with E-state index in [1.807, 2.05) is 0 Å². The predicted octanol–water partition coefficient (Wildman–Crippen LogP) is 1.09. The van der Waals surface area contributed by atoms with Gasteiger partial charge in [0, 0.05) is 0 Å². The van der Waals surface area contributed by atoms with Gasteiger partial charge in [0.2, 0.25) is 0 Å². The van der Waals surface area contributed by atoms with Gasteiger partial charge in [0.05, 0.1) is 11.1 Å². The number of aliphatic hydroxyl groups excluding tert-OH is 2. The molecule has 0 saturated heterocycles. The molecule has 0 aromatic heterocycles. The second kappa shape index (κ2) is 9.03. The third-order valence-electron chi connectivity index (χ3n) is 3.90. The molecule has 2 rings (SSSR count). The van der Waals surface area contributed by atoms with Crippen LogP contribution in [0, 0.1) is 13.8 Å². The number of carbonyl (C=O) groups excluding carboxylic acids is 4. The first-order valence-corrected chi connectivity index (χ1v) is 8.21. The zero-order chi connectivity index (χ0) is 20.8. The van der Waals surface area contributed by atoms with Gasteiger partial charge in [-0.2, -0.15) is 0 Å². The van der Waals surface area contributed by atoms with Crippen LogP contribution < -0.4 is 0 Å². The van der Waals surface area contributed by atoms with Gasteiger partial charge < -0.3 is 19.7 Å². The SMILES string of the molecule is Cc1ccccc1C(=O)OC(=O)C(O)C(O)C(=O)OC(=O)c1ccccc1C. The number of esters is 4. The molecule has 0 spiro atoms. The van der Waals surface area contributed by atoms with Gasteiger partial charge in [-0.15, -0.1) is 0 Å². The van der Waals surface area contributed by atoms with Gasteiger partial charge in [-0.3, -0.25) is 0 Å². The Morgan fingerprint density at radius 2 is 1.00 bits per heavy atom. The molecule has 0 amide bonds. The Morgan fingerprint density at radius 1 is 0.679 bits per heavy atom. The number of aryl methyl sites for hydroxylation is 2. The highest BCUT2D eigenvalue weighted by Crippen LogP contribution is 2.12. The summed E-state index contributed by atoms with van der Waals surface area (Å²) in [6.07, 6.45) is -4.82. The first-order valence-electron chi connectivity index (χ1n) is 8.21. The molecule has 8 nitrogen and oxygen atoms in total. The van der Waals surface area contributed by atoms with E-state index in [0.717, 1.165) is 0 Å². The van der Waals surface area contributed by atoms with Gasteiger partial charge in [0.15, 0.2) is 12.2 Å². The largest absolute Gasteiger partial charge is 0.387 e. The molecule has 2 aromatic rings. The normalized spacial score (nSPS) is 12.6. The first kappa shape index (κ1) is 20.9. The van der Waals surface area contributed by atoms with E-state index < -0.39 is 36.1 Å². The topological polar surface area (TPSA) is 127 Å². The standard InChI is InChI=1S/C20H18O8/c1-11-7-3-5-9-13(11)17(23)27-19(25)15(21)16(22)20(26)28-18(24)14-10-6-4-8-12(14)2/h3-10,15-16,21-22H,1-2H3. The van der Waals surface area contributed by atoms with Gasteiger partial charge in [-0.05, 0) is 37.1 Å². The molecule has 0 aliphatic carbocycles. The van der Waals surface area contributed by atoms with Crippen molar-refractivity contribution < 1.29 is 38.9 Å². The second-order valence-corrected chi connectivity index (χ2v) is 5.94. The van der Waals surface area contributed by atoms with E-state index in [4.69, 9.17) is 0 Å². The van der Waals surface area contributed by atoms with Crippen LogP contribution in [0.3, 0.4) is 0 Å². The molecule has 2 unspecified atom stereocenters. The van der Waals surface area contributed by atoms with Gasteiger partial charge in [0.25, 0.3) is 0 Å². The Balaban J connectivity index is 1.99. The number of ether oxygens (including phenoxy) is 2. The molecule has 0 saturated carbocycles. The van der Waals surface area contributed by atoms with Gasteiger partial charge in [-0.25, -0.2) is 19.2 Å². The zero-order valence-corrected chi connectivity index (χ0v) is 15.1. The third kappa shape index (κ3) is 4.87. The Morgan fingerprint density at radius 3 is 1.32 bits per heavy atom. The zero-order valence-electron chi connectivity index (χ0n) is 15.1. The summed E-state index contributed by atoms with van der Waals surface area (Å²) in [6.45, 7) is 3.22. The fraction of sp³-hybridized carbons (Fsp3) is 0.200. The fourth-order valence-electron chi connectivity index (χ4n) is 2.28. The first-order chi connectivity index (χ1) is 13.2. The summed E-state index contributed by atoms with van der Waals surface area (Å²) < 4.78 is 8.96. The van der Waals surface area contributed by atoms with Crippen LogP contribution in [0.5, 0.6) is 0 Å². The lowest BCUT2D eigenvalue weighted by Gasteiger charge is -2.15. The molecule has 28 heavy (non-hydrogen) atoms. The predicted molar refractivity (Wildman–Crippen MR) is 95.2 cm³/mol. The molecule has 0 heterocycles. The van der Waals surface area contributed by atoms with Crippen molar-refractivity contribution in [2.24, 2.45) is 0 Å². The number of aliphatic hydroxyl groups is 2. The molecule has 0 bridgehead atoms. The summed E-state index contributed by atoms with van der Waals surface area (Å²) in [7, 11) is 0. The van der Waals surface area contributed by atoms with Crippen LogP contribution in [0.15, 0.2) is 48.5 Å². The number of rotatable bonds is 5. The monoisotopic (exact) mass is 386 g/mol. The minimum Gasteiger partial charge on any atom is -0.387 e. The summed E-state index contributed by atoms with van der Waals surface area (Å²) >= 11 is 0. The molecule has 146 valence electrons. The quantitative estimate of drug-likeness (QED) is 0.577. The van der Waals surface area contributed by atoms with E-state index in [0.29, 0.717) is 11.1 Å². The highest BCUT2D eigenvalue weighted by atomic mass is 16.6. The fourth-order valence-corrected chi connectivity index (χ4v) is 2.28.